The van der Waals surface area contributed by atoms with Gasteiger partial charge in [-0.1, -0.05) is 54.6 Å². The maximum absolute atomic E-state index is 13.2. The minimum Gasteiger partial charge on any atom is -0.497 e. The fourth-order valence-electron chi connectivity index (χ4n) is 4.00. The van der Waals surface area contributed by atoms with Crippen LogP contribution in [0.5, 0.6) is 5.75 Å². The summed E-state index contributed by atoms with van der Waals surface area (Å²) in [4.78, 5) is 29.4. The number of pyridine rings is 1. The van der Waals surface area contributed by atoms with Gasteiger partial charge in [-0.15, -0.1) is 0 Å². The van der Waals surface area contributed by atoms with Crippen molar-refractivity contribution in [2.24, 2.45) is 0 Å². The highest BCUT2D eigenvalue weighted by Crippen LogP contribution is 2.37. The topological polar surface area (TPSA) is 112 Å². The summed E-state index contributed by atoms with van der Waals surface area (Å²) in [6, 6.07) is 25.7. The van der Waals surface area contributed by atoms with Gasteiger partial charge < -0.3 is 15.2 Å². The van der Waals surface area contributed by atoms with Crippen LogP contribution in [0, 0.1) is 18.3 Å². The van der Waals surface area contributed by atoms with E-state index in [0.29, 0.717) is 28.4 Å². The Labute approximate surface area is 231 Å². The van der Waals surface area contributed by atoms with Crippen molar-refractivity contribution < 1.29 is 19.4 Å². The average molecular weight is 538 g/mol. The van der Waals surface area contributed by atoms with Gasteiger partial charge in [-0.25, -0.2) is 9.78 Å². The lowest BCUT2D eigenvalue weighted by Gasteiger charge is -2.18. The largest absolute Gasteiger partial charge is 0.497 e. The van der Waals surface area contributed by atoms with Gasteiger partial charge >= 0.3 is 5.97 Å². The van der Waals surface area contributed by atoms with E-state index in [1.807, 2.05) is 68.4 Å². The lowest BCUT2D eigenvalue weighted by molar-refractivity contribution is -0.115. The molecular weight excluding hydrogens is 510 g/mol. The molecule has 7 nitrogen and oxygen atoms in total. The molecule has 0 aliphatic rings. The first-order valence-corrected chi connectivity index (χ1v) is 13.2. The first kappa shape index (κ1) is 27.4. The Bertz CT molecular complexity index is 1540. The van der Waals surface area contributed by atoms with Crippen molar-refractivity contribution in [2.75, 3.05) is 12.4 Å². The van der Waals surface area contributed by atoms with Crippen molar-refractivity contribution in [3.05, 3.63) is 95.6 Å². The zero-order valence-electron chi connectivity index (χ0n) is 21.8. The number of nitrogens with one attached hydrogen (secondary N) is 1. The van der Waals surface area contributed by atoms with Crippen molar-refractivity contribution in [2.45, 2.75) is 30.5 Å². The number of methoxy groups -OCH3 is 1. The Morgan fingerprint density at radius 2 is 1.74 bits per heavy atom. The van der Waals surface area contributed by atoms with E-state index in [-0.39, 0.29) is 11.5 Å². The summed E-state index contributed by atoms with van der Waals surface area (Å²) < 4.78 is 5.29. The van der Waals surface area contributed by atoms with Crippen LogP contribution >= 0.6 is 11.8 Å². The summed E-state index contributed by atoms with van der Waals surface area (Å²) >= 11 is 1.22. The molecule has 1 atom stereocenters. The lowest BCUT2D eigenvalue weighted by Crippen LogP contribution is -2.25. The standard InChI is InChI=1S/C31H27N3O4S/c1-4-28(29(35)33-23-7-5-6-22(16-23)31(36)37)39-30-26(18-32)25(20-10-8-19(2)9-11-20)17-27(34-30)21-12-14-24(38-3)15-13-21/h5-17,28H,4H2,1-3H3,(H,33,35)(H,36,37). The summed E-state index contributed by atoms with van der Waals surface area (Å²) in [6.07, 6.45) is 0.467. The van der Waals surface area contributed by atoms with Gasteiger partial charge in [0.25, 0.3) is 0 Å². The maximum Gasteiger partial charge on any atom is 0.335 e. The number of benzene rings is 3. The van der Waals surface area contributed by atoms with Crippen LogP contribution in [0.2, 0.25) is 0 Å². The predicted octanol–water partition coefficient (Wildman–Crippen LogP) is 6.81. The monoisotopic (exact) mass is 537 g/mol. The molecule has 0 saturated carbocycles. The van der Waals surface area contributed by atoms with Gasteiger partial charge in [0, 0.05) is 16.8 Å². The third-order valence-electron chi connectivity index (χ3n) is 6.14. The minimum absolute atomic E-state index is 0.0804. The zero-order chi connectivity index (χ0) is 27.9. The molecule has 39 heavy (non-hydrogen) atoms. The van der Waals surface area contributed by atoms with E-state index in [4.69, 9.17) is 9.72 Å². The van der Waals surface area contributed by atoms with E-state index in [1.165, 1.54) is 23.9 Å². The number of hydrogen-bond acceptors (Lipinski definition) is 6. The second-order valence-electron chi connectivity index (χ2n) is 8.83. The summed E-state index contributed by atoms with van der Waals surface area (Å²) in [7, 11) is 1.60. The number of nitrogens with zero attached hydrogens (tertiary/aromatic N) is 2. The quantitative estimate of drug-likeness (QED) is 0.226. The molecule has 0 spiro atoms. The van der Waals surface area contributed by atoms with E-state index < -0.39 is 11.2 Å². The fourth-order valence-corrected chi connectivity index (χ4v) is 5.02. The summed E-state index contributed by atoms with van der Waals surface area (Å²) in [6.45, 7) is 3.88. The molecule has 1 unspecified atom stereocenters. The molecule has 2 N–H and O–H groups in total. The number of aromatic carboxylic acids is 1. The third kappa shape index (κ3) is 6.46. The molecule has 1 heterocycles. The van der Waals surface area contributed by atoms with Gasteiger partial charge in [0.15, 0.2) is 0 Å². The normalized spacial score (nSPS) is 11.3. The third-order valence-corrected chi connectivity index (χ3v) is 7.49. The van der Waals surface area contributed by atoms with Gasteiger partial charge in [0.1, 0.15) is 16.8 Å². The second kappa shape index (κ2) is 12.3. The second-order valence-corrected chi connectivity index (χ2v) is 10.0. The molecule has 0 saturated heterocycles. The SMILES string of the molecule is CCC(Sc1nc(-c2ccc(OC)cc2)cc(-c2ccc(C)cc2)c1C#N)C(=O)Nc1cccc(C(=O)O)c1. The molecule has 1 aromatic heterocycles. The number of carboxylic acid groups (broad SMARTS) is 1. The lowest BCUT2D eigenvalue weighted by atomic mass is 9.98. The number of aryl methyl sites for hydroxylation is 1. The van der Waals surface area contributed by atoms with Gasteiger partial charge in [-0.3, -0.25) is 4.79 Å². The van der Waals surface area contributed by atoms with E-state index in [0.717, 1.165) is 28.0 Å². The number of nitriles is 1. The van der Waals surface area contributed by atoms with Crippen molar-refractivity contribution in [3.63, 3.8) is 0 Å². The summed E-state index contributed by atoms with van der Waals surface area (Å²) in [5.41, 5.74) is 5.07. The average Bonchev–Trinajstić information content (AvgIpc) is 2.96. The Balaban J connectivity index is 1.74. The van der Waals surface area contributed by atoms with Gasteiger partial charge in [0.05, 0.1) is 29.2 Å². The van der Waals surface area contributed by atoms with Crippen LogP contribution in [0.15, 0.2) is 83.9 Å². The van der Waals surface area contributed by atoms with Crippen LogP contribution < -0.4 is 10.1 Å². The molecule has 3 aromatic carbocycles. The maximum atomic E-state index is 13.2. The number of aromatic nitrogens is 1. The van der Waals surface area contributed by atoms with E-state index in [9.17, 15) is 20.0 Å². The van der Waals surface area contributed by atoms with Gasteiger partial charge in [0.2, 0.25) is 5.91 Å². The van der Waals surface area contributed by atoms with E-state index >= 15 is 0 Å². The Hall–Kier alpha value is -4.61. The summed E-state index contributed by atoms with van der Waals surface area (Å²) in [5, 5.41) is 22.2. The number of carboxylic acids is 1. The molecule has 0 bridgehead atoms. The van der Waals surface area contributed by atoms with Gasteiger partial charge in [-0.05, 0) is 67.4 Å². The number of ether oxygens (including phenoxy) is 1. The number of hydrogen-bond donors (Lipinski definition) is 2. The highest BCUT2D eigenvalue weighted by atomic mass is 32.2. The number of amides is 1. The zero-order valence-corrected chi connectivity index (χ0v) is 22.6. The number of anilines is 1. The number of rotatable bonds is 9. The number of thioether (sulfide) groups is 1. The highest BCUT2D eigenvalue weighted by Gasteiger charge is 2.24. The highest BCUT2D eigenvalue weighted by molar-refractivity contribution is 8.00. The Kier molecular flexibility index (Phi) is 8.64. The van der Waals surface area contributed by atoms with E-state index in [2.05, 4.69) is 11.4 Å². The first-order chi connectivity index (χ1) is 18.8. The molecular formula is C31H27N3O4S. The molecule has 1 amide bonds. The fraction of sp³-hybridized carbons (Fsp3) is 0.161. The van der Waals surface area contributed by atoms with Crippen molar-refractivity contribution in [1.29, 1.82) is 5.26 Å². The number of carbonyl (C=O) groups is 2. The molecule has 0 aliphatic heterocycles. The van der Waals surface area contributed by atoms with Crippen LogP contribution in [0.4, 0.5) is 5.69 Å². The number of carbonyl (C=O) groups excluding carboxylic acids is 1. The first-order valence-electron chi connectivity index (χ1n) is 12.3. The molecule has 4 aromatic rings. The predicted molar refractivity (Wildman–Crippen MR) is 153 cm³/mol. The minimum atomic E-state index is -1.07. The molecule has 8 heteroatoms. The molecule has 0 aliphatic carbocycles. The summed E-state index contributed by atoms with van der Waals surface area (Å²) in [5.74, 6) is -0.660. The van der Waals surface area contributed by atoms with E-state index in [1.54, 1.807) is 19.2 Å². The van der Waals surface area contributed by atoms with Crippen molar-refractivity contribution >= 4 is 29.3 Å². The van der Waals surface area contributed by atoms with Crippen LogP contribution in [0.25, 0.3) is 22.4 Å². The molecule has 196 valence electrons. The van der Waals surface area contributed by atoms with Crippen LogP contribution in [-0.4, -0.2) is 34.3 Å². The smallest absolute Gasteiger partial charge is 0.335 e. The Morgan fingerprint density at radius 3 is 2.36 bits per heavy atom. The molecule has 0 radical (unpaired) electrons. The molecule has 0 fully saturated rings. The van der Waals surface area contributed by atoms with Crippen molar-refractivity contribution in [1.82, 2.24) is 4.98 Å². The molecule has 4 rings (SSSR count). The van der Waals surface area contributed by atoms with Crippen LogP contribution in [0.3, 0.4) is 0 Å². The van der Waals surface area contributed by atoms with Crippen LogP contribution in [0.1, 0.15) is 34.8 Å². The van der Waals surface area contributed by atoms with Crippen LogP contribution in [-0.2, 0) is 4.79 Å². The van der Waals surface area contributed by atoms with Crippen molar-refractivity contribution in [3.8, 4) is 34.2 Å². The van der Waals surface area contributed by atoms with Gasteiger partial charge in [-0.2, -0.15) is 5.26 Å². The Morgan fingerprint density at radius 1 is 1.05 bits per heavy atom.